The minimum atomic E-state index is -3.50. The molecule has 128 valence electrons. The smallest absolute Gasteiger partial charge is 0.293 e. The standard InChI is InChI=1S/C17H20N2O4S/c1-17(2,3)12-5-7-13(8-6-12)18-15-10-9-14(24(4,22)23)11-16(15)19(20)21/h5-11,18H,1-4H3. The third kappa shape index (κ3) is 4.11. The van der Waals surface area contributed by atoms with Gasteiger partial charge in [0.15, 0.2) is 9.84 Å². The zero-order valence-corrected chi connectivity index (χ0v) is 14.8. The second-order valence-corrected chi connectivity index (χ2v) is 8.68. The van der Waals surface area contributed by atoms with Gasteiger partial charge in [-0.05, 0) is 35.2 Å². The van der Waals surface area contributed by atoms with E-state index >= 15 is 0 Å². The van der Waals surface area contributed by atoms with Gasteiger partial charge in [-0.1, -0.05) is 32.9 Å². The van der Waals surface area contributed by atoms with E-state index < -0.39 is 14.8 Å². The lowest BCUT2D eigenvalue weighted by Gasteiger charge is -2.19. The van der Waals surface area contributed by atoms with E-state index in [9.17, 15) is 18.5 Å². The molecule has 0 radical (unpaired) electrons. The molecule has 0 aliphatic carbocycles. The summed E-state index contributed by atoms with van der Waals surface area (Å²) in [5, 5.41) is 14.2. The second kappa shape index (κ2) is 6.24. The van der Waals surface area contributed by atoms with Crippen molar-refractivity contribution in [3.8, 4) is 0 Å². The molecular weight excluding hydrogens is 328 g/mol. The van der Waals surface area contributed by atoms with Gasteiger partial charge in [-0.3, -0.25) is 10.1 Å². The number of anilines is 2. The number of sulfone groups is 1. The quantitative estimate of drug-likeness (QED) is 0.665. The zero-order valence-electron chi connectivity index (χ0n) is 14.0. The molecular formula is C17H20N2O4S. The van der Waals surface area contributed by atoms with Crippen molar-refractivity contribution in [2.75, 3.05) is 11.6 Å². The highest BCUT2D eigenvalue weighted by Gasteiger charge is 2.19. The van der Waals surface area contributed by atoms with Crippen LogP contribution in [-0.4, -0.2) is 19.6 Å². The molecule has 0 unspecified atom stereocenters. The van der Waals surface area contributed by atoms with Gasteiger partial charge in [-0.15, -0.1) is 0 Å². The minimum Gasteiger partial charge on any atom is -0.350 e. The summed E-state index contributed by atoms with van der Waals surface area (Å²) in [7, 11) is -3.50. The summed E-state index contributed by atoms with van der Waals surface area (Å²) in [6, 6.07) is 11.4. The molecule has 0 aliphatic rings. The van der Waals surface area contributed by atoms with E-state index in [0.717, 1.165) is 17.9 Å². The topological polar surface area (TPSA) is 89.3 Å². The molecule has 0 aromatic heterocycles. The van der Waals surface area contributed by atoms with Gasteiger partial charge in [0.25, 0.3) is 5.69 Å². The van der Waals surface area contributed by atoms with Crippen LogP contribution in [0.3, 0.4) is 0 Å². The molecule has 24 heavy (non-hydrogen) atoms. The Balaban J connectivity index is 2.37. The van der Waals surface area contributed by atoms with Crippen LogP contribution in [0.15, 0.2) is 47.4 Å². The van der Waals surface area contributed by atoms with Crippen LogP contribution in [0.4, 0.5) is 17.1 Å². The van der Waals surface area contributed by atoms with Crippen molar-refractivity contribution < 1.29 is 13.3 Å². The number of nitro benzene ring substituents is 1. The van der Waals surface area contributed by atoms with Crippen molar-refractivity contribution in [1.29, 1.82) is 0 Å². The summed E-state index contributed by atoms with van der Waals surface area (Å²) < 4.78 is 23.1. The Morgan fingerprint density at radius 3 is 2.08 bits per heavy atom. The third-order valence-corrected chi connectivity index (χ3v) is 4.73. The van der Waals surface area contributed by atoms with Gasteiger partial charge in [-0.2, -0.15) is 0 Å². The summed E-state index contributed by atoms with van der Waals surface area (Å²) in [5.74, 6) is 0. The highest BCUT2D eigenvalue weighted by molar-refractivity contribution is 7.90. The molecule has 1 N–H and O–H groups in total. The maximum atomic E-state index is 11.6. The average Bonchev–Trinajstić information content (AvgIpc) is 2.46. The van der Waals surface area contributed by atoms with Crippen LogP contribution in [0, 0.1) is 10.1 Å². The van der Waals surface area contributed by atoms with Gasteiger partial charge in [0.1, 0.15) is 5.69 Å². The van der Waals surface area contributed by atoms with Crippen LogP contribution in [0.5, 0.6) is 0 Å². The van der Waals surface area contributed by atoms with E-state index in [1.54, 1.807) is 0 Å². The Kier molecular flexibility index (Phi) is 4.66. The number of nitro groups is 1. The van der Waals surface area contributed by atoms with Crippen LogP contribution in [0.2, 0.25) is 0 Å². The number of hydrogen-bond donors (Lipinski definition) is 1. The van der Waals surface area contributed by atoms with Gasteiger partial charge < -0.3 is 5.32 Å². The largest absolute Gasteiger partial charge is 0.350 e. The van der Waals surface area contributed by atoms with Crippen LogP contribution in [-0.2, 0) is 15.3 Å². The first-order valence-electron chi connectivity index (χ1n) is 7.34. The van der Waals surface area contributed by atoms with Crippen LogP contribution >= 0.6 is 0 Å². The van der Waals surface area contributed by atoms with Crippen molar-refractivity contribution >= 4 is 26.9 Å². The predicted molar refractivity (Wildman–Crippen MR) is 94.6 cm³/mol. The summed E-state index contributed by atoms with van der Waals surface area (Å²) in [6.07, 6.45) is 1.02. The Morgan fingerprint density at radius 2 is 1.62 bits per heavy atom. The molecule has 0 atom stereocenters. The lowest BCUT2D eigenvalue weighted by molar-refractivity contribution is -0.384. The van der Waals surface area contributed by atoms with E-state index in [1.165, 1.54) is 12.1 Å². The van der Waals surface area contributed by atoms with Crippen LogP contribution in [0.1, 0.15) is 26.3 Å². The summed E-state index contributed by atoms with van der Waals surface area (Å²) in [6.45, 7) is 6.30. The fraction of sp³-hybridized carbons (Fsp3) is 0.294. The average molecular weight is 348 g/mol. The molecule has 2 aromatic carbocycles. The number of nitrogens with one attached hydrogen (secondary N) is 1. The molecule has 0 saturated heterocycles. The van der Waals surface area contributed by atoms with Crippen molar-refractivity contribution in [2.24, 2.45) is 0 Å². The van der Waals surface area contributed by atoms with Gasteiger partial charge >= 0.3 is 0 Å². The highest BCUT2D eigenvalue weighted by Crippen LogP contribution is 2.31. The Labute approximate surface area is 141 Å². The van der Waals surface area contributed by atoms with Crippen molar-refractivity contribution in [3.63, 3.8) is 0 Å². The van der Waals surface area contributed by atoms with Gasteiger partial charge in [0.05, 0.1) is 9.82 Å². The monoisotopic (exact) mass is 348 g/mol. The Hall–Kier alpha value is -2.41. The van der Waals surface area contributed by atoms with E-state index in [4.69, 9.17) is 0 Å². The number of nitrogens with zero attached hydrogens (tertiary/aromatic N) is 1. The summed E-state index contributed by atoms with van der Waals surface area (Å²) in [4.78, 5) is 10.6. The van der Waals surface area contributed by atoms with Crippen LogP contribution < -0.4 is 5.32 Å². The number of hydrogen-bond acceptors (Lipinski definition) is 5. The second-order valence-electron chi connectivity index (χ2n) is 6.66. The molecule has 0 aliphatic heterocycles. The first kappa shape index (κ1) is 17.9. The predicted octanol–water partition coefficient (Wildman–Crippen LogP) is 4.04. The first-order valence-corrected chi connectivity index (χ1v) is 9.24. The summed E-state index contributed by atoms with van der Waals surface area (Å²) in [5.41, 5.74) is 1.82. The molecule has 0 amide bonds. The molecule has 0 heterocycles. The molecule has 0 saturated carbocycles. The highest BCUT2D eigenvalue weighted by atomic mass is 32.2. The first-order chi connectivity index (χ1) is 11.0. The minimum absolute atomic E-state index is 0.0155. The molecule has 0 spiro atoms. The van der Waals surface area contributed by atoms with Gasteiger partial charge in [-0.25, -0.2) is 8.42 Å². The van der Waals surface area contributed by atoms with E-state index in [1.807, 2.05) is 24.3 Å². The lowest BCUT2D eigenvalue weighted by atomic mass is 9.87. The molecule has 2 rings (SSSR count). The van der Waals surface area contributed by atoms with Gasteiger partial charge in [0.2, 0.25) is 0 Å². The van der Waals surface area contributed by atoms with Crippen molar-refractivity contribution in [2.45, 2.75) is 31.1 Å². The third-order valence-electron chi connectivity index (χ3n) is 3.62. The van der Waals surface area contributed by atoms with E-state index in [-0.39, 0.29) is 21.7 Å². The molecule has 0 fully saturated rings. The maximum Gasteiger partial charge on any atom is 0.293 e. The maximum absolute atomic E-state index is 11.6. The zero-order chi connectivity index (χ0) is 18.1. The van der Waals surface area contributed by atoms with E-state index in [2.05, 4.69) is 26.1 Å². The normalized spacial score (nSPS) is 12.0. The number of rotatable bonds is 4. The van der Waals surface area contributed by atoms with E-state index in [0.29, 0.717) is 5.69 Å². The summed E-state index contributed by atoms with van der Waals surface area (Å²) >= 11 is 0. The fourth-order valence-electron chi connectivity index (χ4n) is 2.21. The Bertz CT molecular complexity index is 866. The molecule has 6 nitrogen and oxygen atoms in total. The molecule has 2 aromatic rings. The Morgan fingerprint density at radius 1 is 1.04 bits per heavy atom. The lowest BCUT2D eigenvalue weighted by Crippen LogP contribution is -2.10. The molecule has 7 heteroatoms. The van der Waals surface area contributed by atoms with Crippen molar-refractivity contribution in [3.05, 3.63) is 58.1 Å². The van der Waals surface area contributed by atoms with Gasteiger partial charge in [0, 0.05) is 18.0 Å². The van der Waals surface area contributed by atoms with Crippen molar-refractivity contribution in [1.82, 2.24) is 0 Å². The molecule has 0 bridgehead atoms. The number of benzene rings is 2. The van der Waals surface area contributed by atoms with Crippen LogP contribution in [0.25, 0.3) is 0 Å². The fourth-order valence-corrected chi connectivity index (χ4v) is 2.85. The SMILES string of the molecule is CC(C)(C)c1ccc(Nc2ccc(S(C)(=O)=O)cc2[N+](=O)[O-])cc1.